The van der Waals surface area contributed by atoms with E-state index in [1.54, 1.807) is 0 Å². The molecule has 0 rings (SSSR count). The first-order valence-electron chi connectivity index (χ1n) is 1.48. The van der Waals surface area contributed by atoms with E-state index in [-0.39, 0.29) is 50.2 Å². The van der Waals surface area contributed by atoms with Crippen LogP contribution in [0.3, 0.4) is 0 Å². The fourth-order valence-electron chi connectivity index (χ4n) is 0.0745. The van der Waals surface area contributed by atoms with Crippen LogP contribution in [0.25, 0.3) is 0 Å². The summed E-state index contributed by atoms with van der Waals surface area (Å²) in [5, 5.41) is 0. The average molecular weight is 125 g/mol. The molecular formula is C3H4NNaO3. The molecule has 0 unspecified atom stereocenters. The number of imide groups is 3. The monoisotopic (exact) mass is 125 g/mol. The van der Waals surface area contributed by atoms with Crippen LogP contribution in [0.4, 0.5) is 0 Å². The standard InChI is InChI=1S/C3H3NO3.Na.H/c5-1-4(2-6)3-7;;/h1-3H;;/q;+1;-1. The Hall–Kier alpha value is -0.190. The van der Waals surface area contributed by atoms with Crippen LogP contribution >= 0.6 is 0 Å². The minimum Gasteiger partial charge on any atom is -1.00 e. The summed E-state index contributed by atoms with van der Waals surface area (Å²) in [4.78, 5) is 28.6. The van der Waals surface area contributed by atoms with Gasteiger partial charge in [-0.15, -0.1) is 0 Å². The molecule has 4 nitrogen and oxygen atoms in total. The molecule has 0 atom stereocenters. The molecule has 40 valence electrons. The Kier molecular flexibility index (Phi) is 9.13. The van der Waals surface area contributed by atoms with E-state index in [1.807, 2.05) is 0 Å². The van der Waals surface area contributed by atoms with Crippen LogP contribution in [0.15, 0.2) is 0 Å². The zero-order chi connectivity index (χ0) is 5.70. The smallest absolute Gasteiger partial charge is 1.00 e. The second-order valence-electron chi connectivity index (χ2n) is 0.763. The summed E-state index contributed by atoms with van der Waals surface area (Å²) in [6.45, 7) is 0. The summed E-state index contributed by atoms with van der Waals surface area (Å²) in [6.07, 6.45) is 0.375. The van der Waals surface area contributed by atoms with Crippen LogP contribution in [0.2, 0.25) is 0 Å². The minimum absolute atomic E-state index is 0. The second kappa shape index (κ2) is 6.81. The van der Waals surface area contributed by atoms with E-state index in [1.165, 1.54) is 0 Å². The van der Waals surface area contributed by atoms with Gasteiger partial charge in [-0.25, -0.2) is 4.90 Å². The summed E-state index contributed by atoms with van der Waals surface area (Å²) in [5.74, 6) is 0. The van der Waals surface area contributed by atoms with Crippen molar-refractivity contribution in [3.05, 3.63) is 0 Å². The third-order valence-corrected chi connectivity index (χ3v) is 0.365. The van der Waals surface area contributed by atoms with Crippen LogP contribution in [0.5, 0.6) is 0 Å². The van der Waals surface area contributed by atoms with E-state index in [0.717, 1.165) is 0 Å². The number of hydrogen-bond donors (Lipinski definition) is 0. The van der Waals surface area contributed by atoms with Crippen LogP contribution in [-0.4, -0.2) is 24.1 Å². The van der Waals surface area contributed by atoms with E-state index < -0.39 is 0 Å². The molecular weight excluding hydrogens is 121 g/mol. The zero-order valence-electron chi connectivity index (χ0n) is 5.40. The largest absolute Gasteiger partial charge is 1.00 e. The third kappa shape index (κ3) is 3.98. The van der Waals surface area contributed by atoms with Crippen LogP contribution in [0, 0.1) is 0 Å². The van der Waals surface area contributed by atoms with E-state index >= 15 is 0 Å². The maximum Gasteiger partial charge on any atom is 1.00 e. The first-order chi connectivity index (χ1) is 3.35. The van der Waals surface area contributed by atoms with Crippen molar-refractivity contribution in [1.82, 2.24) is 4.90 Å². The maximum absolute atomic E-state index is 9.43. The Morgan fingerprint density at radius 1 is 1.00 bits per heavy atom. The minimum atomic E-state index is 0. The van der Waals surface area contributed by atoms with Crippen molar-refractivity contribution in [2.45, 2.75) is 0 Å². The van der Waals surface area contributed by atoms with Crippen molar-refractivity contribution in [1.29, 1.82) is 0 Å². The summed E-state index contributed by atoms with van der Waals surface area (Å²) >= 11 is 0. The van der Waals surface area contributed by atoms with Crippen LogP contribution in [0.1, 0.15) is 1.43 Å². The van der Waals surface area contributed by atoms with Gasteiger partial charge < -0.3 is 1.43 Å². The van der Waals surface area contributed by atoms with E-state index in [2.05, 4.69) is 0 Å². The van der Waals surface area contributed by atoms with Gasteiger partial charge in [-0.3, -0.25) is 14.4 Å². The predicted octanol–water partition coefficient (Wildman–Crippen LogP) is -4.13. The molecule has 0 fully saturated rings. The normalized spacial score (nSPS) is 6.00. The molecule has 0 aromatic carbocycles. The molecule has 0 radical (unpaired) electrons. The molecule has 0 aromatic heterocycles. The van der Waals surface area contributed by atoms with Crippen LogP contribution < -0.4 is 29.6 Å². The summed E-state index contributed by atoms with van der Waals surface area (Å²) in [5.41, 5.74) is 0. The van der Waals surface area contributed by atoms with Crippen molar-refractivity contribution in [3.63, 3.8) is 0 Å². The molecule has 0 spiro atoms. The zero-order valence-corrected chi connectivity index (χ0v) is 6.40. The fraction of sp³-hybridized carbons (Fsp3) is 0. The molecule has 0 aliphatic carbocycles. The molecule has 0 bridgehead atoms. The summed E-state index contributed by atoms with van der Waals surface area (Å²) in [7, 11) is 0. The van der Waals surface area contributed by atoms with E-state index in [9.17, 15) is 14.4 Å². The van der Waals surface area contributed by atoms with Gasteiger partial charge in [-0.1, -0.05) is 0 Å². The van der Waals surface area contributed by atoms with Gasteiger partial charge in [0, 0.05) is 0 Å². The Bertz CT molecular complexity index is 80.0. The van der Waals surface area contributed by atoms with Crippen molar-refractivity contribution < 1.29 is 45.4 Å². The molecule has 0 saturated heterocycles. The fourth-order valence-corrected chi connectivity index (χ4v) is 0.0745. The van der Waals surface area contributed by atoms with Crippen molar-refractivity contribution >= 4 is 19.2 Å². The number of amides is 3. The van der Waals surface area contributed by atoms with Gasteiger partial charge in [-0.05, 0) is 0 Å². The number of hydrogen-bond acceptors (Lipinski definition) is 3. The molecule has 0 heterocycles. The Morgan fingerprint density at radius 2 is 1.25 bits per heavy atom. The van der Waals surface area contributed by atoms with Crippen molar-refractivity contribution in [2.75, 3.05) is 0 Å². The van der Waals surface area contributed by atoms with Crippen molar-refractivity contribution in [2.24, 2.45) is 0 Å². The average Bonchev–Trinajstić information content (AvgIpc) is 1.72. The first kappa shape index (κ1) is 10.7. The Morgan fingerprint density at radius 3 is 1.25 bits per heavy atom. The predicted molar refractivity (Wildman–Crippen MR) is 21.1 cm³/mol. The first-order valence-corrected chi connectivity index (χ1v) is 1.48. The summed E-state index contributed by atoms with van der Waals surface area (Å²) in [6, 6.07) is 0. The van der Waals surface area contributed by atoms with Gasteiger partial charge in [0.25, 0.3) is 0 Å². The number of carbonyl (C=O) groups excluding carboxylic acids is 3. The van der Waals surface area contributed by atoms with Gasteiger partial charge in [0.2, 0.25) is 19.2 Å². The van der Waals surface area contributed by atoms with Gasteiger partial charge in [0.1, 0.15) is 0 Å². The van der Waals surface area contributed by atoms with Gasteiger partial charge in [-0.2, -0.15) is 0 Å². The number of nitrogens with zero attached hydrogens (tertiary/aromatic N) is 1. The maximum atomic E-state index is 9.43. The molecule has 0 aliphatic heterocycles. The van der Waals surface area contributed by atoms with Gasteiger partial charge >= 0.3 is 29.6 Å². The quantitative estimate of drug-likeness (QED) is 0.284. The van der Waals surface area contributed by atoms with Crippen molar-refractivity contribution in [3.8, 4) is 0 Å². The topological polar surface area (TPSA) is 54.5 Å². The number of carbonyl (C=O) groups is 3. The Labute approximate surface area is 69.6 Å². The van der Waals surface area contributed by atoms with E-state index in [4.69, 9.17) is 0 Å². The van der Waals surface area contributed by atoms with Crippen LogP contribution in [-0.2, 0) is 14.4 Å². The third-order valence-electron chi connectivity index (χ3n) is 0.365. The molecule has 0 aliphatic rings. The number of rotatable bonds is 3. The van der Waals surface area contributed by atoms with E-state index in [0.29, 0.717) is 4.90 Å². The molecule has 8 heavy (non-hydrogen) atoms. The molecule has 0 saturated carbocycles. The molecule has 5 heteroatoms. The second-order valence-corrected chi connectivity index (χ2v) is 0.763. The van der Waals surface area contributed by atoms with Gasteiger partial charge in [0.05, 0.1) is 0 Å². The molecule has 0 aromatic rings. The van der Waals surface area contributed by atoms with Gasteiger partial charge in [0.15, 0.2) is 0 Å². The molecule has 0 N–H and O–H groups in total. The summed E-state index contributed by atoms with van der Waals surface area (Å²) < 4.78 is 0. The Balaban J connectivity index is -0.000000180. The molecule has 3 amide bonds. The SMILES string of the molecule is O=CN(C=O)C=O.[H-].[Na+].